The lowest BCUT2D eigenvalue weighted by Gasteiger charge is -2.43. The topological polar surface area (TPSA) is 49.4 Å². The summed E-state index contributed by atoms with van der Waals surface area (Å²) >= 11 is 0. The fourth-order valence-corrected chi connectivity index (χ4v) is 4.41. The molecule has 3 rings (SSSR count). The van der Waals surface area contributed by atoms with Crippen molar-refractivity contribution in [3.8, 4) is 5.75 Å². The molecule has 2 saturated carbocycles. The van der Waals surface area contributed by atoms with Crippen LogP contribution in [0.15, 0.2) is 18.2 Å². The number of benzene rings is 1. The molecule has 4 atom stereocenters. The molecular formula is C18H22FO3-. The van der Waals surface area contributed by atoms with Crippen molar-refractivity contribution < 1.29 is 19.0 Å². The average molecular weight is 305 g/mol. The van der Waals surface area contributed by atoms with Crippen LogP contribution in [0.5, 0.6) is 5.75 Å². The lowest BCUT2D eigenvalue weighted by molar-refractivity contribution is -0.255. The van der Waals surface area contributed by atoms with Crippen molar-refractivity contribution >= 4 is 5.97 Å². The normalized spacial score (nSPS) is 31.2. The van der Waals surface area contributed by atoms with E-state index >= 15 is 0 Å². The van der Waals surface area contributed by atoms with E-state index in [0.717, 1.165) is 31.7 Å². The third-order valence-corrected chi connectivity index (χ3v) is 5.75. The molecule has 2 fully saturated rings. The standard InChI is InChI=1S/C18H23FO3/c1-3-11(2)18(10-12-4-6-14(18)8-12)22-16-9-13(17(20)21)5-7-15(16)19/h5,7,9,11-12,14H,3-4,6,8,10H2,1-2H3,(H,20,21)/p-1. The molecule has 0 amide bonds. The summed E-state index contributed by atoms with van der Waals surface area (Å²) in [5.41, 5.74) is -0.401. The molecule has 1 aromatic rings. The summed E-state index contributed by atoms with van der Waals surface area (Å²) in [5, 5.41) is 11.0. The first-order chi connectivity index (χ1) is 10.5. The summed E-state index contributed by atoms with van der Waals surface area (Å²) in [5.74, 6) is -0.348. The highest BCUT2D eigenvalue weighted by molar-refractivity contribution is 5.86. The number of hydrogen-bond donors (Lipinski definition) is 0. The van der Waals surface area contributed by atoms with Crippen molar-refractivity contribution in [1.82, 2.24) is 0 Å². The first-order valence-corrected chi connectivity index (χ1v) is 8.16. The van der Waals surface area contributed by atoms with Crippen molar-refractivity contribution in [2.45, 2.75) is 51.6 Å². The molecule has 2 aliphatic carbocycles. The van der Waals surface area contributed by atoms with E-state index in [0.29, 0.717) is 17.8 Å². The Bertz CT molecular complexity index is 586. The Labute approximate surface area is 130 Å². The van der Waals surface area contributed by atoms with Crippen LogP contribution in [0.25, 0.3) is 0 Å². The van der Waals surface area contributed by atoms with Gasteiger partial charge < -0.3 is 14.6 Å². The molecular weight excluding hydrogens is 283 g/mol. The van der Waals surface area contributed by atoms with E-state index in [1.165, 1.54) is 18.6 Å². The van der Waals surface area contributed by atoms with Gasteiger partial charge in [-0.15, -0.1) is 0 Å². The summed E-state index contributed by atoms with van der Waals surface area (Å²) < 4.78 is 20.3. The fraction of sp³-hybridized carbons (Fsp3) is 0.611. The van der Waals surface area contributed by atoms with Gasteiger partial charge in [0.05, 0.1) is 5.97 Å². The number of carboxylic acids is 1. The van der Waals surface area contributed by atoms with Gasteiger partial charge >= 0.3 is 0 Å². The van der Waals surface area contributed by atoms with Crippen LogP contribution in [0, 0.1) is 23.6 Å². The molecule has 0 heterocycles. The zero-order valence-corrected chi connectivity index (χ0v) is 13.1. The summed E-state index contributed by atoms with van der Waals surface area (Å²) in [4.78, 5) is 11.0. The monoisotopic (exact) mass is 305 g/mol. The van der Waals surface area contributed by atoms with Gasteiger partial charge in [0.25, 0.3) is 0 Å². The Morgan fingerprint density at radius 1 is 1.50 bits per heavy atom. The number of hydrogen-bond acceptors (Lipinski definition) is 3. The molecule has 4 unspecified atom stereocenters. The van der Waals surface area contributed by atoms with E-state index in [-0.39, 0.29) is 16.9 Å². The Kier molecular flexibility index (Phi) is 3.87. The average Bonchev–Trinajstić information content (AvgIpc) is 3.09. The molecule has 2 bridgehead atoms. The molecule has 0 spiro atoms. The van der Waals surface area contributed by atoms with Gasteiger partial charge in [-0.2, -0.15) is 0 Å². The van der Waals surface area contributed by atoms with Crippen LogP contribution in [0.3, 0.4) is 0 Å². The second kappa shape index (κ2) is 5.56. The highest BCUT2D eigenvalue weighted by atomic mass is 19.1. The molecule has 0 N–H and O–H groups in total. The van der Waals surface area contributed by atoms with E-state index in [2.05, 4.69) is 13.8 Å². The van der Waals surface area contributed by atoms with Crippen LogP contribution >= 0.6 is 0 Å². The van der Waals surface area contributed by atoms with Gasteiger partial charge in [0.15, 0.2) is 11.6 Å². The van der Waals surface area contributed by atoms with Gasteiger partial charge in [0, 0.05) is 5.56 Å². The fourth-order valence-electron chi connectivity index (χ4n) is 4.41. The maximum atomic E-state index is 14.1. The van der Waals surface area contributed by atoms with Crippen LogP contribution in [-0.4, -0.2) is 11.6 Å². The van der Waals surface area contributed by atoms with Crippen molar-refractivity contribution in [3.63, 3.8) is 0 Å². The van der Waals surface area contributed by atoms with Gasteiger partial charge in [0.1, 0.15) is 5.60 Å². The molecule has 0 aromatic heterocycles. The zero-order chi connectivity index (χ0) is 15.9. The molecule has 0 radical (unpaired) electrons. The number of carboxylic acid groups (broad SMARTS) is 1. The van der Waals surface area contributed by atoms with Crippen molar-refractivity contribution in [1.29, 1.82) is 0 Å². The zero-order valence-electron chi connectivity index (χ0n) is 13.1. The summed E-state index contributed by atoms with van der Waals surface area (Å²) in [6.07, 6.45) is 5.41. The van der Waals surface area contributed by atoms with Gasteiger partial charge in [-0.3, -0.25) is 0 Å². The highest BCUT2D eigenvalue weighted by Gasteiger charge is 2.55. The maximum absolute atomic E-state index is 14.1. The van der Waals surface area contributed by atoms with Crippen molar-refractivity contribution in [2.24, 2.45) is 17.8 Å². The number of aromatic carboxylic acids is 1. The number of rotatable bonds is 5. The van der Waals surface area contributed by atoms with E-state index in [9.17, 15) is 14.3 Å². The number of ether oxygens (including phenoxy) is 1. The SMILES string of the molecule is CCC(C)C1(Oc2cc(C(=O)[O-])ccc2F)CC2CCC1C2. The van der Waals surface area contributed by atoms with Gasteiger partial charge in [0.2, 0.25) is 0 Å². The minimum absolute atomic E-state index is 0.0427. The first-order valence-electron chi connectivity index (χ1n) is 8.16. The van der Waals surface area contributed by atoms with Crippen molar-refractivity contribution in [2.75, 3.05) is 0 Å². The number of carbonyl (C=O) groups is 1. The lowest BCUT2D eigenvalue weighted by Crippen LogP contribution is -2.47. The van der Waals surface area contributed by atoms with Gasteiger partial charge in [-0.05, 0) is 68.1 Å². The maximum Gasteiger partial charge on any atom is 0.165 e. The Morgan fingerprint density at radius 3 is 2.82 bits per heavy atom. The molecule has 1 aromatic carbocycles. The predicted octanol–water partition coefficient (Wildman–Crippen LogP) is 3.17. The van der Waals surface area contributed by atoms with Crippen LogP contribution in [-0.2, 0) is 0 Å². The van der Waals surface area contributed by atoms with E-state index in [1.807, 2.05) is 0 Å². The van der Waals surface area contributed by atoms with Crippen LogP contribution < -0.4 is 9.84 Å². The summed E-state index contributed by atoms with van der Waals surface area (Å²) in [6, 6.07) is 3.63. The van der Waals surface area contributed by atoms with Crippen LogP contribution in [0.4, 0.5) is 4.39 Å². The molecule has 3 nitrogen and oxygen atoms in total. The Hall–Kier alpha value is -1.58. The van der Waals surface area contributed by atoms with Gasteiger partial charge in [-0.1, -0.05) is 13.8 Å². The third-order valence-electron chi connectivity index (χ3n) is 5.75. The largest absolute Gasteiger partial charge is 0.545 e. The smallest absolute Gasteiger partial charge is 0.165 e. The van der Waals surface area contributed by atoms with E-state index in [1.54, 1.807) is 0 Å². The van der Waals surface area contributed by atoms with Crippen LogP contribution in [0.1, 0.15) is 56.3 Å². The predicted molar refractivity (Wildman–Crippen MR) is 79.0 cm³/mol. The Balaban J connectivity index is 1.95. The molecule has 0 aliphatic heterocycles. The van der Waals surface area contributed by atoms with E-state index < -0.39 is 11.8 Å². The first kappa shape index (κ1) is 15.3. The second-order valence-corrected chi connectivity index (χ2v) is 6.88. The molecule has 0 saturated heterocycles. The minimum atomic E-state index is -1.31. The third kappa shape index (κ3) is 2.38. The number of fused-ring (bicyclic) bond motifs is 2. The minimum Gasteiger partial charge on any atom is -0.545 e. The number of halogens is 1. The Morgan fingerprint density at radius 2 is 2.27 bits per heavy atom. The summed E-state index contributed by atoms with van der Waals surface area (Å²) in [7, 11) is 0. The highest BCUT2D eigenvalue weighted by Crippen LogP contribution is 2.56. The quantitative estimate of drug-likeness (QED) is 0.839. The molecule has 4 heteroatoms. The molecule has 120 valence electrons. The number of carbonyl (C=O) groups excluding carboxylic acids is 1. The van der Waals surface area contributed by atoms with Crippen molar-refractivity contribution in [3.05, 3.63) is 29.6 Å². The summed E-state index contributed by atoms with van der Waals surface area (Å²) in [6.45, 7) is 4.27. The molecule has 22 heavy (non-hydrogen) atoms. The lowest BCUT2D eigenvalue weighted by atomic mass is 9.74. The molecule has 2 aliphatic rings. The van der Waals surface area contributed by atoms with Gasteiger partial charge in [-0.25, -0.2) is 4.39 Å². The van der Waals surface area contributed by atoms with E-state index in [4.69, 9.17) is 4.74 Å². The second-order valence-electron chi connectivity index (χ2n) is 6.88. The van der Waals surface area contributed by atoms with Crippen LogP contribution in [0.2, 0.25) is 0 Å².